The second kappa shape index (κ2) is 2.64. The van der Waals surface area contributed by atoms with Gasteiger partial charge in [-0.15, -0.1) is 0 Å². The van der Waals surface area contributed by atoms with E-state index < -0.39 is 0 Å². The maximum atomic E-state index is 4.21. The summed E-state index contributed by atoms with van der Waals surface area (Å²) in [6.45, 7) is 0.800. The van der Waals surface area contributed by atoms with E-state index in [1.165, 1.54) is 0 Å². The molecular weight excluding hydrogens is 274 g/mol. The van der Waals surface area contributed by atoms with Gasteiger partial charge >= 0.3 is 0 Å². The zero-order valence-corrected chi connectivity index (χ0v) is 8.68. The van der Waals surface area contributed by atoms with Crippen LogP contribution in [0.2, 0.25) is 0 Å². The number of hydrogen-bond acceptors (Lipinski definition) is 3. The fourth-order valence-corrected chi connectivity index (χ4v) is 2.25. The molecule has 3 nitrogen and oxygen atoms in total. The minimum absolute atomic E-state index is 0.800. The van der Waals surface area contributed by atoms with Gasteiger partial charge in [-0.1, -0.05) is 0 Å². The lowest BCUT2D eigenvalue weighted by molar-refractivity contribution is 0.525. The number of nitrogens with zero attached hydrogens (tertiary/aromatic N) is 2. The zero-order chi connectivity index (χ0) is 7.84. The summed E-state index contributed by atoms with van der Waals surface area (Å²) in [5.41, 5.74) is 0. The van der Waals surface area contributed by atoms with Crippen LogP contribution >= 0.6 is 31.9 Å². The number of aliphatic imine (C=N–C) groups is 1. The van der Waals surface area contributed by atoms with Gasteiger partial charge in [0.1, 0.15) is 15.0 Å². The molecule has 0 saturated heterocycles. The summed E-state index contributed by atoms with van der Waals surface area (Å²) >= 11 is 6.70. The number of hydrogen-bond donors (Lipinski definition) is 1. The van der Waals surface area contributed by atoms with Crippen molar-refractivity contribution in [1.82, 2.24) is 10.2 Å². The molecular formula is C6H5Br2N3. The van der Waals surface area contributed by atoms with Crippen molar-refractivity contribution >= 4 is 36.5 Å². The van der Waals surface area contributed by atoms with Gasteiger partial charge in [-0.3, -0.25) is 0 Å². The first-order valence-electron chi connectivity index (χ1n) is 3.10. The van der Waals surface area contributed by atoms with Gasteiger partial charge in [-0.05, 0) is 31.9 Å². The third-order valence-corrected chi connectivity index (χ3v) is 2.46. The Morgan fingerprint density at radius 2 is 2.36 bits per heavy atom. The van der Waals surface area contributed by atoms with E-state index in [4.69, 9.17) is 0 Å². The quantitative estimate of drug-likeness (QED) is 0.683. The Hall–Kier alpha value is -0.290. The Labute approximate surface area is 81.1 Å². The van der Waals surface area contributed by atoms with Crippen LogP contribution in [0.25, 0.3) is 0 Å². The molecule has 0 saturated carbocycles. The molecule has 58 valence electrons. The molecule has 0 fully saturated rings. The molecule has 2 aliphatic heterocycles. The third kappa shape index (κ3) is 1.22. The first-order valence-corrected chi connectivity index (χ1v) is 4.68. The van der Waals surface area contributed by atoms with Gasteiger partial charge in [0.2, 0.25) is 0 Å². The normalized spacial score (nSPS) is 21.6. The number of rotatable bonds is 0. The highest BCUT2D eigenvalue weighted by atomic mass is 79.9. The van der Waals surface area contributed by atoms with Gasteiger partial charge in [-0.2, -0.15) is 0 Å². The summed E-state index contributed by atoms with van der Waals surface area (Å²) in [6.07, 6.45) is 3.87. The van der Waals surface area contributed by atoms with Crippen LogP contribution in [-0.2, 0) is 0 Å². The van der Waals surface area contributed by atoms with Gasteiger partial charge in [0, 0.05) is 12.4 Å². The second-order valence-corrected chi connectivity index (χ2v) is 3.88. The van der Waals surface area contributed by atoms with E-state index in [0.717, 1.165) is 21.6 Å². The Morgan fingerprint density at radius 3 is 3.18 bits per heavy atom. The van der Waals surface area contributed by atoms with Gasteiger partial charge in [0.05, 0.1) is 6.54 Å². The van der Waals surface area contributed by atoms with Crippen LogP contribution in [0.1, 0.15) is 0 Å². The molecule has 11 heavy (non-hydrogen) atoms. The molecule has 0 radical (unpaired) electrons. The van der Waals surface area contributed by atoms with Crippen molar-refractivity contribution in [2.75, 3.05) is 6.54 Å². The van der Waals surface area contributed by atoms with Gasteiger partial charge < -0.3 is 10.2 Å². The zero-order valence-electron chi connectivity index (χ0n) is 5.51. The standard InChI is InChI=1S/C6H5Br2N3/c7-4-3-11-2-1-9-6(11)5(8)10-4/h1-2,9H,3H2. The smallest absolute Gasteiger partial charge is 0.147 e. The van der Waals surface area contributed by atoms with Crippen molar-refractivity contribution in [3.05, 3.63) is 22.8 Å². The van der Waals surface area contributed by atoms with Gasteiger partial charge in [-0.25, -0.2) is 4.99 Å². The van der Waals surface area contributed by atoms with Crippen LogP contribution in [0.3, 0.4) is 0 Å². The Balaban J connectivity index is 2.39. The molecule has 0 atom stereocenters. The third-order valence-electron chi connectivity index (χ3n) is 1.48. The molecule has 0 aliphatic carbocycles. The minimum Gasteiger partial charge on any atom is -0.344 e. The van der Waals surface area contributed by atoms with Crippen LogP contribution in [-0.4, -0.2) is 16.1 Å². The summed E-state index contributed by atoms with van der Waals surface area (Å²) in [5, 5.41) is 3.08. The highest BCUT2D eigenvalue weighted by Crippen LogP contribution is 2.24. The highest BCUT2D eigenvalue weighted by molar-refractivity contribution is 9.18. The number of halogens is 2. The van der Waals surface area contributed by atoms with Crippen molar-refractivity contribution in [3.8, 4) is 0 Å². The lowest BCUT2D eigenvalue weighted by Gasteiger charge is -2.21. The maximum absolute atomic E-state index is 4.21. The molecule has 0 aromatic rings. The van der Waals surface area contributed by atoms with Crippen molar-refractivity contribution in [3.63, 3.8) is 0 Å². The summed E-state index contributed by atoms with van der Waals surface area (Å²) in [7, 11) is 0. The molecule has 2 aliphatic rings. The lowest BCUT2D eigenvalue weighted by atomic mass is 10.5. The first-order chi connectivity index (χ1) is 5.27. The Morgan fingerprint density at radius 1 is 1.55 bits per heavy atom. The Bertz CT molecular complexity index is 280. The van der Waals surface area contributed by atoms with E-state index in [9.17, 15) is 0 Å². The lowest BCUT2D eigenvalue weighted by Crippen LogP contribution is -2.26. The molecule has 0 amide bonds. The van der Waals surface area contributed by atoms with Gasteiger partial charge in [0.15, 0.2) is 0 Å². The molecule has 0 unspecified atom stereocenters. The topological polar surface area (TPSA) is 27.6 Å². The average Bonchev–Trinajstić information content (AvgIpc) is 2.34. The van der Waals surface area contributed by atoms with E-state index in [1.807, 2.05) is 12.4 Å². The molecule has 5 heteroatoms. The van der Waals surface area contributed by atoms with Crippen LogP contribution in [0.15, 0.2) is 27.8 Å². The van der Waals surface area contributed by atoms with E-state index in [0.29, 0.717) is 0 Å². The predicted molar refractivity (Wildman–Crippen MR) is 51.3 cm³/mol. The highest BCUT2D eigenvalue weighted by Gasteiger charge is 2.20. The predicted octanol–water partition coefficient (Wildman–Crippen LogP) is 1.69. The molecule has 0 aromatic heterocycles. The summed E-state index contributed by atoms with van der Waals surface area (Å²) in [6, 6.07) is 0. The Kier molecular flexibility index (Phi) is 1.77. The van der Waals surface area contributed by atoms with Crippen LogP contribution in [0.4, 0.5) is 0 Å². The summed E-state index contributed by atoms with van der Waals surface area (Å²) < 4.78 is 1.77. The van der Waals surface area contributed by atoms with E-state index >= 15 is 0 Å². The van der Waals surface area contributed by atoms with E-state index in [-0.39, 0.29) is 0 Å². The summed E-state index contributed by atoms with van der Waals surface area (Å²) in [4.78, 5) is 6.28. The van der Waals surface area contributed by atoms with Gasteiger partial charge in [0.25, 0.3) is 0 Å². The fraction of sp³-hybridized carbons (Fsp3) is 0.167. The van der Waals surface area contributed by atoms with E-state index in [2.05, 4.69) is 47.1 Å². The van der Waals surface area contributed by atoms with Crippen LogP contribution < -0.4 is 5.32 Å². The molecule has 0 spiro atoms. The second-order valence-electron chi connectivity index (χ2n) is 2.22. The van der Waals surface area contributed by atoms with Crippen LogP contribution in [0.5, 0.6) is 0 Å². The fourth-order valence-electron chi connectivity index (χ4n) is 1.01. The monoisotopic (exact) mass is 277 g/mol. The van der Waals surface area contributed by atoms with Crippen molar-refractivity contribution < 1.29 is 0 Å². The molecule has 1 N–H and O–H groups in total. The molecule has 2 heterocycles. The number of fused-ring (bicyclic) bond motifs is 1. The average molecular weight is 279 g/mol. The van der Waals surface area contributed by atoms with Crippen molar-refractivity contribution in [2.45, 2.75) is 0 Å². The van der Waals surface area contributed by atoms with Crippen molar-refractivity contribution in [1.29, 1.82) is 0 Å². The summed E-state index contributed by atoms with van der Waals surface area (Å²) in [5.74, 6) is 1.01. The molecule has 0 bridgehead atoms. The SMILES string of the molecule is BrC1=NC(Br)=C2NC=CN2C1. The number of nitrogens with one attached hydrogen (secondary N) is 1. The minimum atomic E-state index is 0.800. The molecule has 2 rings (SSSR count). The van der Waals surface area contributed by atoms with Crippen molar-refractivity contribution in [2.24, 2.45) is 4.99 Å². The largest absolute Gasteiger partial charge is 0.344 e. The maximum Gasteiger partial charge on any atom is 0.147 e. The first kappa shape index (κ1) is 7.36. The van der Waals surface area contributed by atoms with E-state index in [1.54, 1.807) is 0 Å². The van der Waals surface area contributed by atoms with Crippen LogP contribution in [0, 0.1) is 0 Å². The molecule has 0 aromatic carbocycles.